The molecule has 1 atom stereocenters. The molecule has 0 bridgehead atoms. The van der Waals surface area contributed by atoms with Crippen molar-refractivity contribution in [2.24, 2.45) is 0 Å². The van der Waals surface area contributed by atoms with Crippen molar-refractivity contribution >= 4 is 5.91 Å². The predicted octanol–water partition coefficient (Wildman–Crippen LogP) is 1.42. The molecule has 1 aliphatic heterocycles. The minimum atomic E-state index is -0.101. The van der Waals surface area contributed by atoms with Gasteiger partial charge in [-0.15, -0.1) is 0 Å². The summed E-state index contributed by atoms with van der Waals surface area (Å²) in [6.07, 6.45) is 3.09. The molecular weight excluding hydrogens is 308 g/mol. The number of likely N-dealkylation sites (N-methyl/N-ethyl adjacent to an activating group) is 1. The molecule has 0 radical (unpaired) electrons. The summed E-state index contributed by atoms with van der Waals surface area (Å²) in [5.41, 5.74) is 1.34. The summed E-state index contributed by atoms with van der Waals surface area (Å²) in [5.74, 6) is 1.25. The third-order valence-corrected chi connectivity index (χ3v) is 4.28. The van der Waals surface area contributed by atoms with E-state index in [1.54, 1.807) is 13.1 Å². The van der Waals surface area contributed by atoms with Crippen LogP contribution in [0.25, 0.3) is 0 Å². The molecule has 128 valence electrons. The zero-order valence-electron chi connectivity index (χ0n) is 14.4. The summed E-state index contributed by atoms with van der Waals surface area (Å²) in [4.78, 5) is 29.5. The highest BCUT2D eigenvalue weighted by molar-refractivity contribution is 5.95. The molecule has 3 heterocycles. The Hall–Kier alpha value is -2.35. The summed E-state index contributed by atoms with van der Waals surface area (Å²) in [5, 5.41) is 3.86. The number of rotatable bonds is 3. The van der Waals surface area contributed by atoms with Gasteiger partial charge in [0, 0.05) is 25.8 Å². The van der Waals surface area contributed by atoms with E-state index in [1.165, 1.54) is 6.33 Å². The average Bonchev–Trinajstić information content (AvgIpc) is 3.01. The van der Waals surface area contributed by atoms with Gasteiger partial charge in [0.15, 0.2) is 5.82 Å². The lowest BCUT2D eigenvalue weighted by atomic mass is 10.0. The normalized spacial score (nSPS) is 19.0. The maximum atomic E-state index is 13.0. The van der Waals surface area contributed by atoms with E-state index < -0.39 is 0 Å². The summed E-state index contributed by atoms with van der Waals surface area (Å²) in [6.45, 7) is 7.71. The third-order valence-electron chi connectivity index (χ3n) is 4.28. The summed E-state index contributed by atoms with van der Waals surface area (Å²) in [6, 6.07) is -0.101. The van der Waals surface area contributed by atoms with E-state index in [0.717, 1.165) is 12.2 Å². The summed E-state index contributed by atoms with van der Waals surface area (Å²) >= 11 is 0. The van der Waals surface area contributed by atoms with Crippen LogP contribution in [0, 0.1) is 6.92 Å². The Morgan fingerprint density at radius 1 is 1.38 bits per heavy atom. The number of hydrogen-bond acceptors (Lipinski definition) is 7. The fraction of sp³-hybridized carbons (Fsp3) is 0.562. The fourth-order valence-corrected chi connectivity index (χ4v) is 2.91. The number of aromatic nitrogens is 4. The molecule has 8 heteroatoms. The van der Waals surface area contributed by atoms with E-state index in [1.807, 2.05) is 25.8 Å². The molecule has 0 aromatic carbocycles. The van der Waals surface area contributed by atoms with E-state index in [9.17, 15) is 4.79 Å². The van der Waals surface area contributed by atoms with Crippen LogP contribution in [-0.2, 0) is 0 Å². The van der Waals surface area contributed by atoms with Crippen LogP contribution in [0.1, 0.15) is 53.6 Å². The van der Waals surface area contributed by atoms with Crippen LogP contribution >= 0.6 is 0 Å². The quantitative estimate of drug-likeness (QED) is 0.841. The first-order valence-corrected chi connectivity index (χ1v) is 8.07. The van der Waals surface area contributed by atoms with E-state index in [4.69, 9.17) is 4.52 Å². The van der Waals surface area contributed by atoms with E-state index >= 15 is 0 Å². The number of hydrogen-bond donors (Lipinski definition) is 0. The van der Waals surface area contributed by atoms with E-state index in [2.05, 4.69) is 25.0 Å². The number of carbonyl (C=O) groups excluding carboxylic acids is 1. The average molecular weight is 330 g/mol. The number of piperazine rings is 1. The third kappa shape index (κ3) is 3.14. The Morgan fingerprint density at radius 3 is 2.83 bits per heavy atom. The van der Waals surface area contributed by atoms with Gasteiger partial charge in [0.05, 0.1) is 11.3 Å². The van der Waals surface area contributed by atoms with Gasteiger partial charge in [-0.3, -0.25) is 9.69 Å². The Morgan fingerprint density at radius 2 is 2.17 bits per heavy atom. The lowest BCUT2D eigenvalue weighted by Crippen LogP contribution is -2.49. The van der Waals surface area contributed by atoms with Gasteiger partial charge >= 0.3 is 0 Å². The molecule has 0 spiro atoms. The van der Waals surface area contributed by atoms with Crippen molar-refractivity contribution < 1.29 is 9.32 Å². The van der Waals surface area contributed by atoms with Crippen LogP contribution in [0.4, 0.5) is 0 Å². The molecule has 1 unspecified atom stereocenters. The summed E-state index contributed by atoms with van der Waals surface area (Å²) < 4.78 is 5.30. The Balaban J connectivity index is 1.83. The van der Waals surface area contributed by atoms with Gasteiger partial charge in [-0.05, 0) is 19.9 Å². The summed E-state index contributed by atoms with van der Waals surface area (Å²) in [7, 11) is 2.00. The first-order valence-electron chi connectivity index (χ1n) is 8.07. The van der Waals surface area contributed by atoms with Crippen molar-refractivity contribution in [2.75, 3.05) is 26.7 Å². The minimum Gasteiger partial charge on any atom is -0.338 e. The standard InChI is InChI=1S/C16H22N6O2/c1-10(2)14-12(7-17-9-18-14)16(23)22-6-5-21(4)13(8-22)15-19-11(3)20-24-15/h7,9-10,13H,5-6,8H2,1-4H3. The number of amides is 1. The van der Waals surface area contributed by atoms with Crippen LogP contribution in [0.5, 0.6) is 0 Å². The number of carbonyl (C=O) groups is 1. The minimum absolute atomic E-state index is 0.0476. The van der Waals surface area contributed by atoms with Gasteiger partial charge < -0.3 is 9.42 Å². The lowest BCUT2D eigenvalue weighted by Gasteiger charge is -2.37. The van der Waals surface area contributed by atoms with Crippen LogP contribution in [0.15, 0.2) is 17.0 Å². The van der Waals surface area contributed by atoms with E-state index in [-0.39, 0.29) is 17.9 Å². The number of nitrogens with zero attached hydrogens (tertiary/aromatic N) is 6. The van der Waals surface area contributed by atoms with Crippen molar-refractivity contribution in [1.82, 2.24) is 29.9 Å². The number of aryl methyl sites for hydroxylation is 1. The highest BCUT2D eigenvalue weighted by Crippen LogP contribution is 2.25. The predicted molar refractivity (Wildman–Crippen MR) is 86.4 cm³/mol. The molecule has 0 aliphatic carbocycles. The highest BCUT2D eigenvalue weighted by atomic mass is 16.5. The molecule has 0 saturated carbocycles. The molecule has 8 nitrogen and oxygen atoms in total. The van der Waals surface area contributed by atoms with Crippen molar-refractivity contribution in [3.8, 4) is 0 Å². The van der Waals surface area contributed by atoms with Crippen LogP contribution in [-0.4, -0.2) is 62.5 Å². The zero-order valence-corrected chi connectivity index (χ0v) is 14.4. The van der Waals surface area contributed by atoms with Gasteiger partial charge in [-0.2, -0.15) is 4.98 Å². The van der Waals surface area contributed by atoms with Gasteiger partial charge in [0.2, 0.25) is 5.89 Å². The molecule has 1 fully saturated rings. The SMILES string of the molecule is Cc1noc(C2CN(C(=O)c3cncnc3C(C)C)CCN2C)n1. The van der Waals surface area contributed by atoms with Crippen molar-refractivity contribution in [2.45, 2.75) is 32.7 Å². The first kappa shape index (κ1) is 16.5. The maximum Gasteiger partial charge on any atom is 0.257 e. The molecule has 3 rings (SSSR count). The highest BCUT2D eigenvalue weighted by Gasteiger charge is 2.33. The van der Waals surface area contributed by atoms with Crippen LogP contribution < -0.4 is 0 Å². The molecule has 1 aliphatic rings. The van der Waals surface area contributed by atoms with Crippen molar-refractivity contribution in [3.05, 3.63) is 35.5 Å². The smallest absolute Gasteiger partial charge is 0.257 e. The molecule has 1 amide bonds. The molecule has 2 aromatic rings. The second kappa shape index (κ2) is 6.64. The second-order valence-electron chi connectivity index (χ2n) is 6.40. The molecule has 1 saturated heterocycles. The molecular formula is C16H22N6O2. The van der Waals surface area contributed by atoms with Gasteiger partial charge in [-0.25, -0.2) is 9.97 Å². The Bertz CT molecular complexity index is 729. The van der Waals surface area contributed by atoms with Gasteiger partial charge in [0.1, 0.15) is 12.4 Å². The molecule has 2 aromatic heterocycles. The molecule has 0 N–H and O–H groups in total. The second-order valence-corrected chi connectivity index (χ2v) is 6.40. The van der Waals surface area contributed by atoms with Gasteiger partial charge in [-0.1, -0.05) is 19.0 Å². The lowest BCUT2D eigenvalue weighted by molar-refractivity contribution is 0.0486. The van der Waals surface area contributed by atoms with Crippen LogP contribution in [0.2, 0.25) is 0 Å². The Labute approximate surface area is 140 Å². The maximum absolute atomic E-state index is 13.0. The van der Waals surface area contributed by atoms with E-state index in [0.29, 0.717) is 30.4 Å². The Kier molecular flexibility index (Phi) is 4.57. The zero-order chi connectivity index (χ0) is 17.3. The fourth-order valence-electron chi connectivity index (χ4n) is 2.91. The van der Waals surface area contributed by atoms with Crippen molar-refractivity contribution in [3.63, 3.8) is 0 Å². The van der Waals surface area contributed by atoms with Crippen LogP contribution in [0.3, 0.4) is 0 Å². The largest absolute Gasteiger partial charge is 0.338 e. The van der Waals surface area contributed by atoms with Gasteiger partial charge in [0.25, 0.3) is 5.91 Å². The van der Waals surface area contributed by atoms with Crippen molar-refractivity contribution in [1.29, 1.82) is 0 Å². The first-order chi connectivity index (χ1) is 11.5. The monoisotopic (exact) mass is 330 g/mol. The topological polar surface area (TPSA) is 88.2 Å². The molecule has 24 heavy (non-hydrogen) atoms.